The van der Waals surface area contributed by atoms with Gasteiger partial charge in [0.05, 0.1) is 25.1 Å². The third kappa shape index (κ3) is 3.70. The predicted octanol–water partition coefficient (Wildman–Crippen LogP) is 1.70. The molecule has 3 heterocycles. The highest BCUT2D eigenvalue weighted by Gasteiger charge is 2.42. The Morgan fingerprint density at radius 1 is 0.923 bits per heavy atom. The van der Waals surface area contributed by atoms with E-state index in [0.717, 1.165) is 21.5 Å². The van der Waals surface area contributed by atoms with E-state index >= 15 is 0 Å². The van der Waals surface area contributed by atoms with E-state index in [1.807, 2.05) is 42.5 Å². The van der Waals surface area contributed by atoms with Gasteiger partial charge in [-0.25, -0.2) is 15.0 Å². The SMILES string of the molecule is OC[C@H]1O[C@@H](n2cnc3c(N[C@H]4c5c(ccc6ccc7ccccc7c56)[C@H](O)[C@@H](O)[C@@H]4O)ncnc32)C[C@@H]1O. The maximum absolute atomic E-state index is 11.3. The van der Waals surface area contributed by atoms with E-state index in [1.54, 1.807) is 10.6 Å². The predicted molar refractivity (Wildman–Crippen MR) is 142 cm³/mol. The second kappa shape index (κ2) is 9.19. The zero-order valence-electron chi connectivity index (χ0n) is 20.7. The van der Waals surface area contributed by atoms with Gasteiger partial charge in [0, 0.05) is 6.42 Å². The number of aromatic nitrogens is 4. The summed E-state index contributed by atoms with van der Waals surface area (Å²) in [5, 5.41) is 59.8. The van der Waals surface area contributed by atoms with Gasteiger partial charge in [0.25, 0.3) is 0 Å². The fraction of sp³-hybridized carbons (Fsp3) is 0.321. The fourth-order valence-corrected chi connectivity index (χ4v) is 6.00. The van der Waals surface area contributed by atoms with Crippen LogP contribution >= 0.6 is 0 Å². The van der Waals surface area contributed by atoms with Gasteiger partial charge in [-0.15, -0.1) is 0 Å². The molecule has 2 aliphatic rings. The summed E-state index contributed by atoms with van der Waals surface area (Å²) in [4.78, 5) is 13.3. The van der Waals surface area contributed by atoms with Crippen molar-refractivity contribution in [1.82, 2.24) is 19.5 Å². The van der Waals surface area contributed by atoms with E-state index in [1.165, 1.54) is 12.7 Å². The second-order valence-corrected chi connectivity index (χ2v) is 10.2. The minimum Gasteiger partial charge on any atom is -0.394 e. The minimum atomic E-state index is -1.43. The molecule has 7 atom stereocenters. The summed E-state index contributed by atoms with van der Waals surface area (Å²) in [6.45, 7) is -0.304. The Hall–Kier alpha value is -3.71. The molecule has 39 heavy (non-hydrogen) atoms. The molecule has 0 unspecified atom stereocenters. The number of fused-ring (bicyclic) bond motifs is 6. The smallest absolute Gasteiger partial charge is 0.167 e. The highest BCUT2D eigenvalue weighted by Crippen LogP contribution is 2.44. The van der Waals surface area contributed by atoms with Crippen LogP contribution in [0.1, 0.15) is 35.9 Å². The van der Waals surface area contributed by atoms with E-state index in [4.69, 9.17) is 4.74 Å². The lowest BCUT2D eigenvalue weighted by Crippen LogP contribution is -2.44. The maximum atomic E-state index is 11.3. The van der Waals surface area contributed by atoms with Crippen LogP contribution in [0.2, 0.25) is 0 Å². The Balaban J connectivity index is 1.36. The van der Waals surface area contributed by atoms with Crippen molar-refractivity contribution in [1.29, 1.82) is 0 Å². The van der Waals surface area contributed by atoms with Crippen LogP contribution in [0, 0.1) is 0 Å². The summed E-state index contributed by atoms with van der Waals surface area (Å²) in [5.74, 6) is 0.326. The van der Waals surface area contributed by atoms with Crippen molar-refractivity contribution >= 4 is 38.5 Å². The number of anilines is 1. The number of nitrogens with one attached hydrogen (secondary N) is 1. The molecule has 0 radical (unpaired) electrons. The van der Waals surface area contributed by atoms with Gasteiger partial charge >= 0.3 is 0 Å². The van der Waals surface area contributed by atoms with Crippen LogP contribution in [0.15, 0.2) is 61.2 Å². The van der Waals surface area contributed by atoms with Crippen molar-refractivity contribution in [3.63, 3.8) is 0 Å². The number of aliphatic hydroxyl groups excluding tert-OH is 5. The monoisotopic (exact) mass is 529 g/mol. The summed E-state index contributed by atoms with van der Waals surface area (Å²) in [6, 6.07) is 14.8. The van der Waals surface area contributed by atoms with Crippen LogP contribution in [-0.2, 0) is 4.74 Å². The van der Waals surface area contributed by atoms with Crippen molar-refractivity contribution in [3.05, 3.63) is 72.3 Å². The maximum Gasteiger partial charge on any atom is 0.167 e. The van der Waals surface area contributed by atoms with Gasteiger partial charge in [0.15, 0.2) is 17.0 Å². The van der Waals surface area contributed by atoms with E-state index in [2.05, 4.69) is 20.3 Å². The third-order valence-corrected chi connectivity index (χ3v) is 7.97. The third-order valence-electron chi connectivity index (χ3n) is 7.97. The topological polar surface area (TPSA) is 166 Å². The molecule has 1 saturated heterocycles. The van der Waals surface area contributed by atoms with Gasteiger partial charge < -0.3 is 35.6 Å². The number of imidazole rings is 1. The van der Waals surface area contributed by atoms with Crippen molar-refractivity contribution in [3.8, 4) is 0 Å². The largest absolute Gasteiger partial charge is 0.394 e. The number of aliphatic hydroxyl groups is 5. The summed E-state index contributed by atoms with van der Waals surface area (Å²) >= 11 is 0. The number of benzene rings is 3. The average molecular weight is 530 g/mol. The van der Waals surface area contributed by atoms with Gasteiger partial charge in [-0.05, 0) is 32.7 Å². The molecular formula is C28H27N5O6. The Labute approximate surface area is 222 Å². The zero-order chi connectivity index (χ0) is 26.8. The lowest BCUT2D eigenvalue weighted by Gasteiger charge is -2.38. The molecule has 0 bridgehead atoms. The molecule has 200 valence electrons. The van der Waals surface area contributed by atoms with Crippen LogP contribution in [0.5, 0.6) is 0 Å². The summed E-state index contributed by atoms with van der Waals surface area (Å²) in [6.07, 6.45) is -2.99. The zero-order valence-corrected chi connectivity index (χ0v) is 20.7. The van der Waals surface area contributed by atoms with E-state index in [0.29, 0.717) is 28.1 Å². The van der Waals surface area contributed by atoms with Gasteiger partial charge in [-0.1, -0.05) is 48.5 Å². The van der Waals surface area contributed by atoms with Crippen molar-refractivity contribution in [2.24, 2.45) is 0 Å². The van der Waals surface area contributed by atoms with Gasteiger partial charge in [0.2, 0.25) is 0 Å². The number of hydrogen-bond acceptors (Lipinski definition) is 10. The van der Waals surface area contributed by atoms with Crippen molar-refractivity contribution < 1.29 is 30.3 Å². The number of nitrogens with zero attached hydrogens (tertiary/aromatic N) is 4. The first-order valence-electron chi connectivity index (χ1n) is 12.8. The first-order valence-corrected chi connectivity index (χ1v) is 12.8. The molecular weight excluding hydrogens is 502 g/mol. The Morgan fingerprint density at radius 3 is 2.54 bits per heavy atom. The molecule has 0 spiro atoms. The summed E-state index contributed by atoms with van der Waals surface area (Å²) < 4.78 is 7.46. The number of hydrogen-bond donors (Lipinski definition) is 6. The van der Waals surface area contributed by atoms with Gasteiger partial charge in [0.1, 0.15) is 37.0 Å². The van der Waals surface area contributed by atoms with Crippen LogP contribution < -0.4 is 5.32 Å². The average Bonchev–Trinajstić information content (AvgIpc) is 3.56. The van der Waals surface area contributed by atoms with Crippen molar-refractivity contribution in [2.45, 2.75) is 49.2 Å². The Bertz CT molecular complexity index is 1710. The number of ether oxygens (including phenoxy) is 1. The molecule has 6 N–H and O–H groups in total. The normalized spacial score (nSPS) is 28.8. The lowest BCUT2D eigenvalue weighted by molar-refractivity contribution is -0.0766. The standard InChI is InChI=1S/C28H27N5O6/c34-10-18-17(35)9-19(39-18)33-12-31-23-27(29-11-30-28(23)33)32-22-21-16(24(36)26(38)25(22)37)8-7-14-6-5-13-3-1-2-4-15(13)20(14)21/h1-8,11-12,17-19,22,24-26,34-38H,9-10H2,(H,29,30,32)/t17-,18+,19+,22-,24-,25+,26+/m0/s1. The second-order valence-electron chi connectivity index (χ2n) is 10.2. The Kier molecular flexibility index (Phi) is 5.74. The quantitative estimate of drug-likeness (QED) is 0.189. The first kappa shape index (κ1) is 24.3. The molecule has 2 aromatic heterocycles. The molecule has 3 aromatic carbocycles. The molecule has 0 amide bonds. The summed E-state index contributed by atoms with van der Waals surface area (Å²) in [5.41, 5.74) is 2.04. The molecule has 1 aliphatic heterocycles. The minimum absolute atomic E-state index is 0.265. The van der Waals surface area contributed by atoms with Gasteiger partial charge in [-0.3, -0.25) is 4.57 Å². The molecule has 11 heteroatoms. The lowest BCUT2D eigenvalue weighted by atomic mass is 9.78. The number of rotatable bonds is 4. The molecule has 1 aliphatic carbocycles. The molecule has 1 fully saturated rings. The van der Waals surface area contributed by atoms with Gasteiger partial charge in [-0.2, -0.15) is 0 Å². The van der Waals surface area contributed by atoms with Crippen LogP contribution in [0.4, 0.5) is 5.82 Å². The van der Waals surface area contributed by atoms with Crippen LogP contribution in [0.25, 0.3) is 32.7 Å². The van der Waals surface area contributed by atoms with Crippen molar-refractivity contribution in [2.75, 3.05) is 11.9 Å². The van der Waals surface area contributed by atoms with E-state index in [-0.39, 0.29) is 13.0 Å². The molecule has 0 saturated carbocycles. The fourth-order valence-electron chi connectivity index (χ4n) is 6.00. The van der Waals surface area contributed by atoms with E-state index in [9.17, 15) is 25.5 Å². The van der Waals surface area contributed by atoms with Crippen LogP contribution in [0.3, 0.4) is 0 Å². The summed E-state index contributed by atoms with van der Waals surface area (Å²) in [7, 11) is 0. The first-order chi connectivity index (χ1) is 19.0. The molecule has 5 aromatic rings. The van der Waals surface area contributed by atoms with E-state index < -0.39 is 42.8 Å². The highest BCUT2D eigenvalue weighted by atomic mass is 16.5. The van der Waals surface area contributed by atoms with Crippen LogP contribution in [-0.4, -0.2) is 76.1 Å². The Morgan fingerprint density at radius 2 is 1.72 bits per heavy atom. The highest BCUT2D eigenvalue weighted by molar-refractivity contribution is 6.10. The molecule has 7 rings (SSSR count). The molecule has 11 nitrogen and oxygen atoms in total.